The number of nitrogens with zero attached hydrogens (tertiary/aromatic N) is 3. The summed E-state index contributed by atoms with van der Waals surface area (Å²) in [7, 11) is -2.26. The number of carboxylic acid groups (broad SMARTS) is 1. The fourth-order valence-corrected chi connectivity index (χ4v) is 4.99. The van der Waals surface area contributed by atoms with Gasteiger partial charge in [0.05, 0.1) is 10.2 Å². The van der Waals surface area contributed by atoms with E-state index in [1.54, 1.807) is 53.4 Å². The Bertz CT molecular complexity index is 1630. The minimum atomic E-state index is -5.65. The van der Waals surface area contributed by atoms with Crippen molar-refractivity contribution in [1.82, 2.24) is 9.55 Å². The number of aryl methyl sites for hydroxylation is 1. The van der Waals surface area contributed by atoms with E-state index in [0.717, 1.165) is 0 Å². The molecular formula is C23H20BrF3N4O5S. The fourth-order valence-electron chi connectivity index (χ4n) is 3.81. The van der Waals surface area contributed by atoms with Crippen LogP contribution in [0.25, 0.3) is 22.3 Å². The van der Waals surface area contributed by atoms with Crippen molar-refractivity contribution in [2.24, 2.45) is 0 Å². The summed E-state index contributed by atoms with van der Waals surface area (Å²) in [6, 6.07) is 10.7. The van der Waals surface area contributed by atoms with E-state index < -0.39 is 21.5 Å². The lowest BCUT2D eigenvalue weighted by Gasteiger charge is -2.13. The number of para-hydroxylation sites is 1. The zero-order valence-corrected chi connectivity index (χ0v) is 22.0. The second-order valence-electron chi connectivity index (χ2n) is 8.29. The Kier molecular flexibility index (Phi) is 6.75. The van der Waals surface area contributed by atoms with Gasteiger partial charge in [0.15, 0.2) is 17.3 Å². The molecule has 0 fully saturated rings. The molecule has 0 atom stereocenters. The molecule has 2 aromatic carbocycles. The number of nitrogens with one attached hydrogen (secondary N) is 1. The van der Waals surface area contributed by atoms with Crippen LogP contribution < -0.4 is 9.62 Å². The topological polar surface area (TPSA) is 118 Å². The molecule has 0 aliphatic heterocycles. The van der Waals surface area contributed by atoms with E-state index in [2.05, 4.69) is 20.9 Å². The molecule has 0 aliphatic rings. The number of furan rings is 1. The lowest BCUT2D eigenvalue weighted by Crippen LogP contribution is -2.30. The first kappa shape index (κ1) is 26.5. The summed E-state index contributed by atoms with van der Waals surface area (Å²) in [5, 5.41) is 10.3. The average molecular weight is 601 g/mol. The van der Waals surface area contributed by atoms with Crippen LogP contribution in [-0.4, -0.2) is 48.6 Å². The van der Waals surface area contributed by atoms with Gasteiger partial charge in [0, 0.05) is 31.6 Å². The lowest BCUT2D eigenvalue weighted by atomic mass is 10.1. The molecule has 2 aromatic heterocycles. The maximum absolute atomic E-state index is 12.9. The molecule has 0 spiro atoms. The molecule has 0 bridgehead atoms. The van der Waals surface area contributed by atoms with Crippen molar-refractivity contribution in [2.75, 3.05) is 23.7 Å². The second kappa shape index (κ2) is 9.41. The summed E-state index contributed by atoms with van der Waals surface area (Å²) >= 11 is 3.42. The molecular weight excluding hydrogens is 581 g/mol. The fraction of sp³-hybridized carbons (Fsp3) is 0.217. The Morgan fingerprint density at radius 1 is 1.22 bits per heavy atom. The summed E-state index contributed by atoms with van der Waals surface area (Å²) in [5.41, 5.74) is -4.59. The molecule has 0 radical (unpaired) electrons. The molecule has 14 heteroatoms. The zero-order valence-electron chi connectivity index (χ0n) is 19.6. The Hall–Kier alpha value is -3.52. The van der Waals surface area contributed by atoms with Crippen molar-refractivity contribution < 1.29 is 35.9 Å². The number of halogens is 4. The summed E-state index contributed by atoms with van der Waals surface area (Å²) in [4.78, 5) is 17.9. The molecule has 0 aliphatic carbocycles. The van der Waals surface area contributed by atoms with Crippen molar-refractivity contribution in [1.29, 1.82) is 0 Å². The van der Waals surface area contributed by atoms with Gasteiger partial charge >= 0.3 is 21.5 Å². The molecule has 2 N–H and O–H groups in total. The minimum absolute atomic E-state index is 0.0282. The van der Waals surface area contributed by atoms with Crippen LogP contribution in [-0.2, 0) is 16.6 Å². The van der Waals surface area contributed by atoms with Gasteiger partial charge in [0.1, 0.15) is 11.4 Å². The number of sulfonamides is 1. The van der Waals surface area contributed by atoms with Crippen LogP contribution in [0.5, 0.6) is 0 Å². The molecule has 0 amide bonds. The highest BCUT2D eigenvalue weighted by Crippen LogP contribution is 2.42. The highest BCUT2D eigenvalue weighted by atomic mass is 79.9. The van der Waals surface area contributed by atoms with Gasteiger partial charge in [-0.25, -0.2) is 9.78 Å². The van der Waals surface area contributed by atoms with Crippen molar-refractivity contribution in [2.45, 2.75) is 19.0 Å². The van der Waals surface area contributed by atoms with Crippen LogP contribution in [0.15, 0.2) is 51.4 Å². The Morgan fingerprint density at radius 3 is 2.51 bits per heavy atom. The van der Waals surface area contributed by atoms with Crippen molar-refractivity contribution in [3.63, 3.8) is 0 Å². The largest absolute Gasteiger partial charge is 0.516 e. The summed E-state index contributed by atoms with van der Waals surface area (Å²) in [5.74, 6) is -0.197. The average Bonchev–Trinajstić information content (AvgIpc) is 3.30. The van der Waals surface area contributed by atoms with Gasteiger partial charge < -0.3 is 19.0 Å². The van der Waals surface area contributed by atoms with Gasteiger partial charge in [-0.2, -0.15) is 21.6 Å². The molecule has 196 valence electrons. The first-order valence-corrected chi connectivity index (χ1v) is 12.9. The van der Waals surface area contributed by atoms with Crippen LogP contribution in [0.1, 0.15) is 21.9 Å². The quantitative estimate of drug-likeness (QED) is 0.290. The molecule has 0 saturated carbocycles. The predicted octanol–water partition coefficient (Wildman–Crippen LogP) is 5.44. The molecule has 2 heterocycles. The van der Waals surface area contributed by atoms with E-state index in [-0.39, 0.29) is 29.2 Å². The summed E-state index contributed by atoms with van der Waals surface area (Å²) in [6.45, 7) is 1.88. The van der Waals surface area contributed by atoms with Gasteiger partial charge in [-0.05, 0) is 52.7 Å². The first-order valence-electron chi connectivity index (χ1n) is 10.6. The summed E-state index contributed by atoms with van der Waals surface area (Å²) < 4.78 is 71.6. The number of anilines is 2. The maximum atomic E-state index is 12.9. The highest BCUT2D eigenvalue weighted by molar-refractivity contribution is 9.10. The molecule has 0 saturated heterocycles. The van der Waals surface area contributed by atoms with Crippen LogP contribution in [0.4, 0.5) is 24.7 Å². The number of aromatic carboxylic acids is 1. The number of carboxylic acids is 1. The normalized spacial score (nSPS) is 12.2. The number of imidazole rings is 1. The van der Waals surface area contributed by atoms with Gasteiger partial charge in [-0.1, -0.05) is 18.2 Å². The van der Waals surface area contributed by atoms with Crippen LogP contribution in [0, 0.1) is 6.92 Å². The predicted molar refractivity (Wildman–Crippen MR) is 135 cm³/mol. The lowest BCUT2D eigenvalue weighted by molar-refractivity contribution is -0.0429. The van der Waals surface area contributed by atoms with Crippen LogP contribution in [0.2, 0.25) is 0 Å². The van der Waals surface area contributed by atoms with Crippen molar-refractivity contribution in [3.05, 3.63) is 64.0 Å². The van der Waals surface area contributed by atoms with E-state index >= 15 is 0 Å². The number of fused-ring (bicyclic) bond motifs is 1. The number of rotatable bonds is 7. The van der Waals surface area contributed by atoms with Gasteiger partial charge in [-0.15, -0.1) is 0 Å². The van der Waals surface area contributed by atoms with Gasteiger partial charge in [0.2, 0.25) is 0 Å². The van der Waals surface area contributed by atoms with E-state index in [0.29, 0.717) is 32.6 Å². The second-order valence-corrected chi connectivity index (χ2v) is 10.8. The van der Waals surface area contributed by atoms with E-state index in [9.17, 15) is 31.5 Å². The minimum Gasteiger partial charge on any atom is -0.476 e. The molecule has 37 heavy (non-hydrogen) atoms. The van der Waals surface area contributed by atoms with E-state index in [1.807, 2.05) is 0 Å². The van der Waals surface area contributed by atoms with Crippen LogP contribution in [0.3, 0.4) is 0 Å². The smallest absolute Gasteiger partial charge is 0.476 e. The molecule has 4 rings (SSSR count). The SMILES string of the molecule is Cc1nc(N(C)C)c(C(=O)O)n1Cc1ccc2oc(-c3ccccc3NS(=O)(=O)C(F)(F)F)c(Br)c2c1. The Balaban J connectivity index is 1.77. The van der Waals surface area contributed by atoms with E-state index in [1.165, 1.54) is 24.3 Å². The van der Waals surface area contributed by atoms with Crippen LogP contribution >= 0.6 is 15.9 Å². The number of aromatic nitrogens is 2. The number of hydrogen-bond donors (Lipinski definition) is 2. The number of alkyl halides is 3. The number of benzene rings is 2. The number of carbonyl (C=O) groups is 1. The first-order chi connectivity index (χ1) is 17.2. The Labute approximate surface area is 217 Å². The summed E-state index contributed by atoms with van der Waals surface area (Å²) in [6.07, 6.45) is 0. The van der Waals surface area contributed by atoms with Gasteiger partial charge in [-0.3, -0.25) is 4.72 Å². The third-order valence-electron chi connectivity index (χ3n) is 5.52. The maximum Gasteiger partial charge on any atom is 0.516 e. The zero-order chi connectivity index (χ0) is 27.3. The van der Waals surface area contributed by atoms with Crippen molar-refractivity contribution in [3.8, 4) is 11.3 Å². The van der Waals surface area contributed by atoms with Gasteiger partial charge in [0.25, 0.3) is 0 Å². The third kappa shape index (κ3) is 4.90. The molecule has 9 nitrogen and oxygen atoms in total. The monoisotopic (exact) mass is 600 g/mol. The Morgan fingerprint density at radius 2 is 1.89 bits per heavy atom. The standard InChI is InChI=1S/C23H20BrF3N4O5S/c1-12-28-21(30(2)3)19(22(32)33)31(12)11-13-8-9-17-15(10-13)18(24)20(36-17)14-6-4-5-7-16(14)29-37(34,35)23(25,26)27/h4-10,29H,11H2,1-3H3,(H,32,33). The molecule has 0 unspecified atom stereocenters. The van der Waals surface area contributed by atoms with Crippen molar-refractivity contribution >= 4 is 54.4 Å². The number of hydrogen-bond acceptors (Lipinski definition) is 6. The van der Waals surface area contributed by atoms with E-state index in [4.69, 9.17) is 4.42 Å². The molecule has 4 aromatic rings. The third-order valence-corrected chi connectivity index (χ3v) is 7.40. The highest BCUT2D eigenvalue weighted by Gasteiger charge is 2.46.